The summed E-state index contributed by atoms with van der Waals surface area (Å²) in [6, 6.07) is 24.5. The van der Waals surface area contributed by atoms with Crippen molar-refractivity contribution in [2.45, 2.75) is 32.4 Å². The quantitative estimate of drug-likeness (QED) is 0.114. The van der Waals surface area contributed by atoms with Gasteiger partial charge in [-0.2, -0.15) is 0 Å². The number of aliphatic hydroxyl groups is 1. The number of carbonyl (C=O) groups is 2. The van der Waals surface area contributed by atoms with Crippen molar-refractivity contribution in [3.63, 3.8) is 0 Å². The van der Waals surface area contributed by atoms with Crippen LogP contribution in [0.4, 0.5) is 0 Å². The summed E-state index contributed by atoms with van der Waals surface area (Å²) >= 11 is 5.95. The second kappa shape index (κ2) is 13.6. The van der Waals surface area contributed by atoms with Crippen molar-refractivity contribution in [2.24, 2.45) is 0 Å². The Morgan fingerprint density at radius 3 is 1.63 bits per heavy atom. The molecular weight excluding hydrogens is 570 g/mol. The SMILES string of the molecule is CC(C)NCC(O)c1ccccc1Cl.O=C(O)c1cc2ccccc2c(Cc2c(O)c(C(=O)O)cc3ccccc23)c1O. The molecule has 9 heteroatoms. The summed E-state index contributed by atoms with van der Waals surface area (Å²) in [7, 11) is 0. The normalized spacial score (nSPS) is 11.7. The Morgan fingerprint density at radius 2 is 1.19 bits per heavy atom. The van der Waals surface area contributed by atoms with Gasteiger partial charge in [0.1, 0.15) is 22.6 Å². The average Bonchev–Trinajstić information content (AvgIpc) is 2.98. The minimum absolute atomic E-state index is 0.0407. The molecule has 5 aromatic carbocycles. The zero-order valence-corrected chi connectivity index (χ0v) is 24.3. The van der Waals surface area contributed by atoms with Crippen LogP contribution in [-0.4, -0.2) is 50.1 Å². The minimum Gasteiger partial charge on any atom is -0.507 e. The minimum atomic E-state index is -1.28. The molecule has 8 nitrogen and oxygen atoms in total. The molecule has 0 aliphatic rings. The molecular formula is C34H32ClNO7. The van der Waals surface area contributed by atoms with Gasteiger partial charge in [-0.05, 0) is 39.7 Å². The molecule has 0 aromatic heterocycles. The maximum atomic E-state index is 11.6. The Morgan fingerprint density at radius 1 is 0.744 bits per heavy atom. The average molecular weight is 602 g/mol. The van der Waals surface area contributed by atoms with E-state index >= 15 is 0 Å². The van der Waals surface area contributed by atoms with E-state index in [0.29, 0.717) is 50.3 Å². The molecule has 0 bridgehead atoms. The molecule has 0 spiro atoms. The first-order chi connectivity index (χ1) is 20.5. The number of benzene rings is 5. The van der Waals surface area contributed by atoms with Gasteiger partial charge in [-0.25, -0.2) is 9.59 Å². The second-order valence-corrected chi connectivity index (χ2v) is 10.7. The molecule has 1 atom stereocenters. The monoisotopic (exact) mass is 601 g/mol. The first-order valence-corrected chi connectivity index (χ1v) is 14.0. The van der Waals surface area contributed by atoms with Crippen LogP contribution >= 0.6 is 11.6 Å². The zero-order chi connectivity index (χ0) is 31.3. The lowest BCUT2D eigenvalue weighted by Gasteiger charge is -2.16. The molecule has 5 aromatic rings. The van der Waals surface area contributed by atoms with E-state index in [1.807, 2.05) is 32.0 Å². The molecule has 0 fully saturated rings. The van der Waals surface area contributed by atoms with E-state index in [1.165, 1.54) is 12.1 Å². The lowest BCUT2D eigenvalue weighted by Crippen LogP contribution is -2.27. The summed E-state index contributed by atoms with van der Waals surface area (Å²) in [6.45, 7) is 4.61. The maximum Gasteiger partial charge on any atom is 0.339 e. The summed E-state index contributed by atoms with van der Waals surface area (Å²) in [6.07, 6.45) is -0.577. The van der Waals surface area contributed by atoms with Gasteiger partial charge in [-0.3, -0.25) is 0 Å². The molecule has 0 aliphatic carbocycles. The lowest BCUT2D eigenvalue weighted by molar-refractivity contribution is 0.0682. The van der Waals surface area contributed by atoms with Gasteiger partial charge in [-0.1, -0.05) is 92.2 Å². The van der Waals surface area contributed by atoms with Crippen LogP contribution in [0.1, 0.15) is 57.4 Å². The maximum absolute atomic E-state index is 11.6. The Hall–Kier alpha value is -4.63. The van der Waals surface area contributed by atoms with E-state index < -0.39 is 29.5 Å². The van der Waals surface area contributed by atoms with Crippen LogP contribution in [-0.2, 0) is 6.42 Å². The van der Waals surface area contributed by atoms with Crippen molar-refractivity contribution < 1.29 is 35.1 Å². The molecule has 43 heavy (non-hydrogen) atoms. The molecule has 0 heterocycles. The number of hydrogen-bond acceptors (Lipinski definition) is 6. The molecule has 222 valence electrons. The summed E-state index contributed by atoms with van der Waals surface area (Å²) in [5.74, 6) is -3.36. The molecule has 0 saturated heterocycles. The van der Waals surface area contributed by atoms with Gasteiger partial charge in [0.2, 0.25) is 0 Å². The number of phenols is 2. The number of aromatic carboxylic acids is 2. The predicted molar refractivity (Wildman–Crippen MR) is 168 cm³/mol. The molecule has 0 aliphatic heterocycles. The van der Waals surface area contributed by atoms with Crippen LogP contribution in [0.25, 0.3) is 21.5 Å². The third-order valence-corrected chi connectivity index (χ3v) is 7.40. The number of fused-ring (bicyclic) bond motifs is 2. The lowest BCUT2D eigenvalue weighted by atomic mass is 9.90. The van der Waals surface area contributed by atoms with E-state index in [2.05, 4.69) is 5.32 Å². The number of nitrogens with one attached hydrogen (secondary N) is 1. The summed E-state index contributed by atoms with van der Waals surface area (Å²) in [4.78, 5) is 23.2. The first kappa shape index (κ1) is 31.3. The number of carboxylic acid groups (broad SMARTS) is 2. The molecule has 5 rings (SSSR count). The van der Waals surface area contributed by atoms with Crippen molar-refractivity contribution in [3.05, 3.63) is 118 Å². The Labute approximate surface area is 253 Å². The van der Waals surface area contributed by atoms with Crippen LogP contribution in [0.3, 0.4) is 0 Å². The van der Waals surface area contributed by atoms with E-state index in [1.54, 1.807) is 54.6 Å². The van der Waals surface area contributed by atoms with E-state index in [4.69, 9.17) is 11.6 Å². The number of rotatable bonds is 8. The van der Waals surface area contributed by atoms with Gasteiger partial charge in [0.25, 0.3) is 0 Å². The highest BCUT2D eigenvalue weighted by Gasteiger charge is 2.22. The predicted octanol–water partition coefficient (Wildman–Crippen LogP) is 6.76. The van der Waals surface area contributed by atoms with Crippen LogP contribution in [0.2, 0.25) is 5.02 Å². The zero-order valence-electron chi connectivity index (χ0n) is 23.6. The van der Waals surface area contributed by atoms with E-state index in [9.17, 15) is 35.1 Å². The molecule has 6 N–H and O–H groups in total. The van der Waals surface area contributed by atoms with E-state index in [0.717, 1.165) is 5.56 Å². The number of carboxylic acids is 2. The highest BCUT2D eigenvalue weighted by Crippen LogP contribution is 2.38. The van der Waals surface area contributed by atoms with Crippen molar-refractivity contribution >= 4 is 45.1 Å². The number of halogens is 1. The fourth-order valence-electron chi connectivity index (χ4n) is 4.89. The Kier molecular flexibility index (Phi) is 9.88. The summed E-state index contributed by atoms with van der Waals surface area (Å²) < 4.78 is 0. The molecule has 1 unspecified atom stereocenters. The smallest absolute Gasteiger partial charge is 0.339 e. The van der Waals surface area contributed by atoms with Crippen LogP contribution < -0.4 is 5.32 Å². The largest absolute Gasteiger partial charge is 0.507 e. The van der Waals surface area contributed by atoms with Crippen LogP contribution in [0, 0.1) is 0 Å². The van der Waals surface area contributed by atoms with Crippen molar-refractivity contribution in [1.29, 1.82) is 0 Å². The second-order valence-electron chi connectivity index (χ2n) is 10.3. The Bertz CT molecular complexity index is 1700. The topological polar surface area (TPSA) is 147 Å². The van der Waals surface area contributed by atoms with Crippen molar-refractivity contribution in [3.8, 4) is 11.5 Å². The number of hydrogen-bond donors (Lipinski definition) is 6. The van der Waals surface area contributed by atoms with Gasteiger partial charge >= 0.3 is 11.9 Å². The van der Waals surface area contributed by atoms with E-state index in [-0.39, 0.29) is 17.5 Å². The van der Waals surface area contributed by atoms with Crippen LogP contribution in [0.5, 0.6) is 11.5 Å². The van der Waals surface area contributed by atoms with Crippen molar-refractivity contribution in [2.75, 3.05) is 6.54 Å². The highest BCUT2D eigenvalue weighted by atomic mass is 35.5. The number of aromatic hydroxyl groups is 2. The Balaban J connectivity index is 0.000000255. The summed E-state index contributed by atoms with van der Waals surface area (Å²) in [5.41, 5.74) is 0.892. The summed E-state index contributed by atoms with van der Waals surface area (Å²) in [5, 5.41) is 56.4. The first-order valence-electron chi connectivity index (χ1n) is 13.6. The standard InChI is InChI=1S/C23H16O6.C11H16ClNO/c24-20-16(14-7-3-1-5-12(14)9-18(20)22(26)27)11-17-15-8-4-2-6-13(15)10-19(21(17)25)23(28)29;1-8(2)13-7-11(14)9-5-3-4-6-10(9)12/h1-10,24-25H,11H2,(H,26,27)(H,28,29);3-6,8,11,13-14H,7H2,1-2H3. The third kappa shape index (κ3) is 7.06. The third-order valence-electron chi connectivity index (χ3n) is 7.05. The van der Waals surface area contributed by atoms with Crippen LogP contribution in [0.15, 0.2) is 84.9 Å². The van der Waals surface area contributed by atoms with Gasteiger partial charge in [0, 0.05) is 40.7 Å². The van der Waals surface area contributed by atoms with Crippen molar-refractivity contribution in [1.82, 2.24) is 5.32 Å². The highest BCUT2D eigenvalue weighted by molar-refractivity contribution is 6.31. The van der Waals surface area contributed by atoms with Gasteiger partial charge in [0.15, 0.2) is 0 Å². The molecule has 0 radical (unpaired) electrons. The molecule has 0 amide bonds. The van der Waals surface area contributed by atoms with Gasteiger partial charge in [0.05, 0.1) is 6.10 Å². The fraction of sp³-hybridized carbons (Fsp3) is 0.176. The van der Waals surface area contributed by atoms with Gasteiger partial charge < -0.3 is 30.8 Å². The fourth-order valence-corrected chi connectivity index (χ4v) is 5.15. The molecule has 0 saturated carbocycles. The van der Waals surface area contributed by atoms with Gasteiger partial charge in [-0.15, -0.1) is 0 Å². The number of aliphatic hydroxyl groups excluding tert-OH is 1.